The van der Waals surface area contributed by atoms with Gasteiger partial charge in [0.05, 0.1) is 4.90 Å². The molecule has 0 atom stereocenters. The SMILES string of the molecule is CC1CCN(CCCNC(=O)CCNS(=O)(=O)c2ccccc2)CC1. The number of carbonyl (C=O) groups is 1. The van der Waals surface area contributed by atoms with Crippen molar-refractivity contribution < 1.29 is 13.2 Å². The van der Waals surface area contributed by atoms with Gasteiger partial charge in [0.25, 0.3) is 0 Å². The number of likely N-dealkylation sites (tertiary alicyclic amines) is 1. The molecule has 2 rings (SSSR count). The molecule has 1 amide bonds. The minimum absolute atomic E-state index is 0.104. The summed E-state index contributed by atoms with van der Waals surface area (Å²) in [6, 6.07) is 8.17. The second kappa shape index (κ2) is 9.89. The van der Waals surface area contributed by atoms with Crippen LogP contribution in [0.15, 0.2) is 35.2 Å². The maximum absolute atomic E-state index is 12.0. The standard InChI is InChI=1S/C18H29N3O3S/c1-16-9-14-21(15-10-16)13-5-11-19-18(22)8-12-20-25(23,24)17-6-3-2-4-7-17/h2-4,6-7,16,20H,5,8-15H2,1H3,(H,19,22). The number of rotatable bonds is 9. The summed E-state index contributed by atoms with van der Waals surface area (Å²) >= 11 is 0. The molecule has 0 spiro atoms. The molecule has 1 heterocycles. The number of nitrogens with one attached hydrogen (secondary N) is 2. The normalized spacial score (nSPS) is 16.7. The van der Waals surface area contributed by atoms with Crippen LogP contribution in [0.1, 0.15) is 32.6 Å². The average Bonchev–Trinajstić information content (AvgIpc) is 2.61. The third-order valence-corrected chi connectivity index (χ3v) is 6.02. The molecule has 1 aromatic carbocycles. The largest absolute Gasteiger partial charge is 0.356 e. The van der Waals surface area contributed by atoms with E-state index in [0.717, 1.165) is 32.0 Å². The number of piperidine rings is 1. The van der Waals surface area contributed by atoms with E-state index in [-0.39, 0.29) is 23.8 Å². The van der Waals surface area contributed by atoms with Gasteiger partial charge in [-0.15, -0.1) is 0 Å². The first-order valence-corrected chi connectivity index (χ1v) is 10.5. The lowest BCUT2D eigenvalue weighted by Crippen LogP contribution is -2.36. The smallest absolute Gasteiger partial charge is 0.240 e. The Morgan fingerprint density at radius 1 is 1.16 bits per heavy atom. The summed E-state index contributed by atoms with van der Waals surface area (Å²) in [6.45, 7) is 6.34. The van der Waals surface area contributed by atoms with Gasteiger partial charge < -0.3 is 10.2 Å². The summed E-state index contributed by atoms with van der Waals surface area (Å²) in [7, 11) is -3.54. The molecule has 0 aromatic heterocycles. The van der Waals surface area contributed by atoms with Gasteiger partial charge in [0.15, 0.2) is 0 Å². The number of nitrogens with zero attached hydrogens (tertiary/aromatic N) is 1. The van der Waals surface area contributed by atoms with Crippen molar-refractivity contribution in [3.8, 4) is 0 Å². The lowest BCUT2D eigenvalue weighted by Gasteiger charge is -2.30. The first-order chi connectivity index (χ1) is 12.0. The number of hydrogen-bond acceptors (Lipinski definition) is 4. The highest BCUT2D eigenvalue weighted by molar-refractivity contribution is 7.89. The van der Waals surface area contributed by atoms with Crippen LogP contribution in [0.4, 0.5) is 0 Å². The summed E-state index contributed by atoms with van der Waals surface area (Å²) in [5.74, 6) is 0.707. The molecule has 1 fully saturated rings. The Morgan fingerprint density at radius 2 is 1.84 bits per heavy atom. The Labute approximate surface area is 151 Å². The van der Waals surface area contributed by atoms with Gasteiger partial charge in [0, 0.05) is 19.5 Å². The van der Waals surface area contributed by atoms with Crippen molar-refractivity contribution >= 4 is 15.9 Å². The van der Waals surface area contributed by atoms with Crippen molar-refractivity contribution in [1.82, 2.24) is 14.9 Å². The van der Waals surface area contributed by atoms with Gasteiger partial charge in [-0.25, -0.2) is 13.1 Å². The van der Waals surface area contributed by atoms with Crippen LogP contribution in [-0.4, -0.2) is 51.9 Å². The molecule has 0 bridgehead atoms. The van der Waals surface area contributed by atoms with Gasteiger partial charge in [-0.1, -0.05) is 25.1 Å². The fourth-order valence-electron chi connectivity index (χ4n) is 2.89. The fraction of sp³-hybridized carbons (Fsp3) is 0.611. The summed E-state index contributed by atoms with van der Waals surface area (Å²) in [4.78, 5) is 14.5. The minimum Gasteiger partial charge on any atom is -0.356 e. The van der Waals surface area contributed by atoms with Crippen molar-refractivity contribution in [3.63, 3.8) is 0 Å². The Bertz CT molecular complexity index is 626. The van der Waals surface area contributed by atoms with Crippen LogP contribution in [0.3, 0.4) is 0 Å². The third-order valence-electron chi connectivity index (χ3n) is 4.55. The minimum atomic E-state index is -3.54. The average molecular weight is 368 g/mol. The lowest BCUT2D eigenvalue weighted by atomic mass is 9.99. The number of carbonyl (C=O) groups excluding carboxylic acids is 1. The van der Waals surface area contributed by atoms with Gasteiger partial charge in [0.2, 0.25) is 15.9 Å². The molecule has 7 heteroatoms. The molecule has 0 saturated carbocycles. The van der Waals surface area contributed by atoms with Crippen molar-refractivity contribution in [1.29, 1.82) is 0 Å². The van der Waals surface area contributed by atoms with E-state index in [1.165, 1.54) is 25.0 Å². The van der Waals surface area contributed by atoms with Gasteiger partial charge in [-0.3, -0.25) is 4.79 Å². The summed E-state index contributed by atoms with van der Waals surface area (Å²) in [6.07, 6.45) is 3.59. The van der Waals surface area contributed by atoms with Crippen LogP contribution in [0.2, 0.25) is 0 Å². The van der Waals surface area contributed by atoms with Crippen molar-refractivity contribution in [2.24, 2.45) is 5.92 Å². The van der Waals surface area contributed by atoms with Crippen molar-refractivity contribution in [3.05, 3.63) is 30.3 Å². The van der Waals surface area contributed by atoms with Gasteiger partial charge in [-0.05, 0) is 56.9 Å². The van der Waals surface area contributed by atoms with Gasteiger partial charge in [-0.2, -0.15) is 0 Å². The first kappa shape index (κ1) is 19.9. The predicted molar refractivity (Wildman–Crippen MR) is 98.7 cm³/mol. The monoisotopic (exact) mass is 367 g/mol. The molecule has 1 aromatic rings. The molecule has 6 nitrogen and oxygen atoms in total. The molecular weight excluding hydrogens is 338 g/mol. The molecule has 0 aliphatic carbocycles. The zero-order chi connectivity index (χ0) is 18.1. The molecular formula is C18H29N3O3S. The highest BCUT2D eigenvalue weighted by Gasteiger charge is 2.15. The number of benzene rings is 1. The van der Waals surface area contributed by atoms with E-state index < -0.39 is 10.0 Å². The molecule has 1 saturated heterocycles. The van der Waals surface area contributed by atoms with E-state index in [4.69, 9.17) is 0 Å². The van der Waals surface area contributed by atoms with E-state index >= 15 is 0 Å². The van der Waals surface area contributed by atoms with E-state index in [0.29, 0.717) is 6.54 Å². The second-order valence-corrected chi connectivity index (χ2v) is 8.46. The Balaban J connectivity index is 1.57. The summed E-state index contributed by atoms with van der Waals surface area (Å²) in [5, 5.41) is 2.86. The van der Waals surface area contributed by atoms with E-state index in [2.05, 4.69) is 21.9 Å². The third kappa shape index (κ3) is 7.13. The van der Waals surface area contributed by atoms with E-state index in [1.807, 2.05) is 0 Å². The topological polar surface area (TPSA) is 78.5 Å². The summed E-state index contributed by atoms with van der Waals surface area (Å²) < 4.78 is 26.5. The molecule has 25 heavy (non-hydrogen) atoms. The van der Waals surface area contributed by atoms with E-state index in [9.17, 15) is 13.2 Å². The maximum atomic E-state index is 12.0. The lowest BCUT2D eigenvalue weighted by molar-refractivity contribution is -0.120. The van der Waals surface area contributed by atoms with E-state index in [1.54, 1.807) is 18.2 Å². The zero-order valence-electron chi connectivity index (χ0n) is 14.9. The van der Waals surface area contributed by atoms with Crippen LogP contribution >= 0.6 is 0 Å². The van der Waals surface area contributed by atoms with Crippen LogP contribution in [0.5, 0.6) is 0 Å². The van der Waals surface area contributed by atoms with Gasteiger partial charge >= 0.3 is 0 Å². The number of amides is 1. The molecule has 0 unspecified atom stereocenters. The Morgan fingerprint density at radius 3 is 2.52 bits per heavy atom. The van der Waals surface area contributed by atoms with Crippen molar-refractivity contribution in [2.75, 3.05) is 32.7 Å². The zero-order valence-corrected chi connectivity index (χ0v) is 15.7. The quantitative estimate of drug-likeness (QED) is 0.650. The summed E-state index contributed by atoms with van der Waals surface area (Å²) in [5.41, 5.74) is 0. The molecule has 1 aliphatic rings. The number of hydrogen-bond donors (Lipinski definition) is 2. The second-order valence-electron chi connectivity index (χ2n) is 6.69. The van der Waals surface area contributed by atoms with Crippen LogP contribution in [0, 0.1) is 5.92 Å². The fourth-order valence-corrected chi connectivity index (χ4v) is 3.94. The van der Waals surface area contributed by atoms with Crippen molar-refractivity contribution in [2.45, 2.75) is 37.5 Å². The molecule has 1 aliphatic heterocycles. The predicted octanol–water partition coefficient (Wildman–Crippen LogP) is 1.59. The van der Waals surface area contributed by atoms with Crippen LogP contribution in [-0.2, 0) is 14.8 Å². The van der Waals surface area contributed by atoms with Crippen LogP contribution < -0.4 is 10.0 Å². The molecule has 0 radical (unpaired) electrons. The Kier molecular flexibility index (Phi) is 7.87. The maximum Gasteiger partial charge on any atom is 0.240 e. The molecule has 2 N–H and O–H groups in total. The highest BCUT2D eigenvalue weighted by atomic mass is 32.2. The number of sulfonamides is 1. The Hall–Kier alpha value is -1.44. The first-order valence-electron chi connectivity index (χ1n) is 9.01. The molecule has 140 valence electrons. The highest BCUT2D eigenvalue weighted by Crippen LogP contribution is 2.15. The van der Waals surface area contributed by atoms with Crippen LogP contribution in [0.25, 0.3) is 0 Å². The van der Waals surface area contributed by atoms with Gasteiger partial charge in [0.1, 0.15) is 0 Å².